The Kier molecular flexibility index (Phi) is 61.1. The van der Waals surface area contributed by atoms with Gasteiger partial charge in [-0.25, -0.2) is 16.8 Å². The Hall–Kier alpha value is 2.97. The molecule has 32 heteroatoms. The first-order chi connectivity index (χ1) is 29.0. The molecule has 4 aromatic rings. The van der Waals surface area contributed by atoms with Gasteiger partial charge in [0, 0.05) is 68.7 Å². The molecule has 66 heavy (non-hydrogen) atoms. The number of halogens is 5. The number of hydrogen-bond acceptors (Lipinski definition) is 20. The van der Waals surface area contributed by atoms with Crippen LogP contribution >= 0.6 is 128 Å². The van der Waals surface area contributed by atoms with Crippen LogP contribution in [-0.2, 0) is 57.1 Å². The number of sulfone groups is 2. The molecule has 0 heterocycles. The first kappa shape index (κ1) is 80.4. The summed E-state index contributed by atoms with van der Waals surface area (Å²) in [6, 6.07) is 29.7. The molecule has 0 atom stereocenters. The van der Waals surface area contributed by atoms with Gasteiger partial charge in [-0.2, -0.15) is 21.4 Å². The first-order valence-corrected chi connectivity index (χ1v) is 28.8. The van der Waals surface area contributed by atoms with Crippen LogP contribution in [0.2, 0.25) is 0 Å². The van der Waals surface area contributed by atoms with E-state index >= 15 is 0 Å². The second-order valence-electron chi connectivity index (χ2n) is 9.89. The quantitative estimate of drug-likeness (QED) is 0.0129. The second kappa shape index (κ2) is 50.1. The van der Waals surface area contributed by atoms with E-state index in [1.807, 2.05) is 65.1 Å². The van der Waals surface area contributed by atoms with Gasteiger partial charge in [0.25, 0.3) is 0 Å². The van der Waals surface area contributed by atoms with Crippen LogP contribution in [0.3, 0.4) is 0 Å². The Bertz CT molecular complexity index is 1930. The maximum absolute atomic E-state index is 11.6. The van der Waals surface area contributed by atoms with Crippen molar-refractivity contribution in [2.45, 2.75) is 49.1 Å². The van der Waals surface area contributed by atoms with Gasteiger partial charge < -0.3 is 15.8 Å². The third kappa shape index (κ3) is 44.5. The third-order valence-electron chi connectivity index (χ3n) is 5.79. The summed E-state index contributed by atoms with van der Waals surface area (Å²) in [6.07, 6.45) is 0. The zero-order valence-electron chi connectivity index (χ0n) is 33.7. The average Bonchev–Trinajstić information content (AvgIpc) is 3.24. The summed E-state index contributed by atoms with van der Waals surface area (Å²) in [5, 5.41) is 38.3. The van der Waals surface area contributed by atoms with Crippen LogP contribution in [0.5, 0.6) is 0 Å². The summed E-state index contributed by atoms with van der Waals surface area (Å²) >= 11 is 24.2. The van der Waals surface area contributed by atoms with Gasteiger partial charge in [-0.15, -0.1) is 58.3 Å². The van der Waals surface area contributed by atoms with Gasteiger partial charge >= 0.3 is 98.0 Å². The van der Waals surface area contributed by atoms with Crippen LogP contribution in [-0.4, -0.2) is 74.9 Å². The molecule has 1 N–H and O–H groups in total. The van der Waals surface area contributed by atoms with Crippen molar-refractivity contribution < 1.29 is 162 Å². The Morgan fingerprint density at radius 2 is 0.788 bits per heavy atom. The molecule has 0 aliphatic heterocycles. The Labute approximate surface area is 508 Å². The van der Waals surface area contributed by atoms with E-state index in [2.05, 4.69) is 50.9 Å². The van der Waals surface area contributed by atoms with E-state index in [0.717, 1.165) is 51.3 Å². The van der Waals surface area contributed by atoms with Gasteiger partial charge in [-0.05, 0) is 84.9 Å². The summed E-state index contributed by atoms with van der Waals surface area (Å²) in [6.45, 7) is 0. The maximum atomic E-state index is 11.6. The zero-order chi connectivity index (χ0) is 46.0. The van der Waals surface area contributed by atoms with Crippen LogP contribution in [0, 0.1) is 0 Å². The normalized spacial score (nSPS) is 10.2. The molecule has 0 aromatic heterocycles. The van der Waals surface area contributed by atoms with E-state index in [1.165, 1.54) is 41.3 Å². The standard InChI is InChI=1S/C8H9ClO5S2.C8H9ClO3S2.C8H9ClS.C8H9IO5S2.2CH4.ClHO3S.3Na/c9-5-6-16(11,12)8-3-1-7(2-4-8)15-14-13-10;9-5-6-13-7-1-3-8(4-2-7)14-12-11-10;9-6-7-10-8-4-2-1-3-5-8;9-5-6-16(11,12)8-3-1-7(2-4-8)15-14-13-10;;;1-5(2,3)4;;;/h1-4,10H,5-6H2;1-4,10H,5-6H2;1-5H,6-7H2;1-4,10H,5-6H2;2*1H4;(H,2,3,4);;;/q;;;;;;;3*+1/p-3. The number of thioether (sulfide) groups is 2. The van der Waals surface area contributed by atoms with Gasteiger partial charge in [0.2, 0.25) is 0 Å². The average molecular weight is 1300 g/mol. The van der Waals surface area contributed by atoms with Crippen LogP contribution in [0.4, 0.5) is 0 Å². The monoisotopic (exact) mass is 1300 g/mol. The molecule has 0 saturated heterocycles. The SMILES string of the molecule is C.C.ClCCSc1ccccc1.O=S(=O)(CCCl)c1ccc(SOO[O-])cc1.O=S(=O)(CCI)c1ccc(SOO[O-])cc1.O=S(=O)(O)Cl.[Na+].[Na+].[Na+].[O-]OOSc1ccc(SCCCl)cc1. The molecule has 0 unspecified atom stereocenters. The van der Waals surface area contributed by atoms with Crippen LogP contribution in [0.15, 0.2) is 137 Å². The minimum atomic E-state index is -4.19. The van der Waals surface area contributed by atoms with E-state index in [1.54, 1.807) is 35.7 Å². The molecular formula is C34H42Cl4INa3O16S8. The predicted molar refractivity (Wildman–Crippen MR) is 257 cm³/mol. The van der Waals surface area contributed by atoms with Gasteiger partial charge in [-0.1, -0.05) is 55.6 Å². The van der Waals surface area contributed by atoms with Crippen molar-refractivity contribution in [1.29, 1.82) is 0 Å². The van der Waals surface area contributed by atoms with Crippen LogP contribution in [0.25, 0.3) is 0 Å². The zero-order valence-corrected chi connectivity index (χ0v) is 51.4. The fourth-order valence-corrected chi connectivity index (χ4v) is 10.6. The minimum Gasteiger partial charge on any atom is -0.691 e. The molecule has 0 amide bonds. The summed E-state index contributed by atoms with van der Waals surface area (Å²) in [4.78, 5) is 4.83. The molecule has 0 radical (unpaired) electrons. The number of alkyl halides is 4. The molecular weight excluding hydrogens is 1260 g/mol. The van der Waals surface area contributed by atoms with E-state index < -0.39 is 29.0 Å². The van der Waals surface area contributed by atoms with Gasteiger partial charge in [-0.3, -0.25) is 19.7 Å². The Morgan fingerprint density at radius 1 is 0.500 bits per heavy atom. The summed E-state index contributed by atoms with van der Waals surface area (Å²) in [7, 11) is -6.66. The van der Waals surface area contributed by atoms with Crippen molar-refractivity contribution in [3.63, 3.8) is 0 Å². The molecule has 0 saturated carbocycles. The van der Waals surface area contributed by atoms with Gasteiger partial charge in [0.05, 0.1) is 57.4 Å². The third-order valence-corrected chi connectivity index (χ3v) is 15.6. The van der Waals surface area contributed by atoms with Crippen molar-refractivity contribution >= 4 is 157 Å². The molecule has 4 aromatic carbocycles. The van der Waals surface area contributed by atoms with Gasteiger partial charge in [0.15, 0.2) is 19.7 Å². The fraction of sp³-hybridized carbons (Fsp3) is 0.294. The number of benzene rings is 4. The molecule has 360 valence electrons. The maximum Gasteiger partial charge on any atom is 1.00 e. The van der Waals surface area contributed by atoms with E-state index in [0.29, 0.717) is 32.1 Å². The smallest absolute Gasteiger partial charge is 0.691 e. The van der Waals surface area contributed by atoms with E-state index in [9.17, 15) is 32.6 Å². The molecule has 0 aliphatic carbocycles. The minimum absolute atomic E-state index is 0. The van der Waals surface area contributed by atoms with Crippen LogP contribution < -0.4 is 104 Å². The second-order valence-corrected chi connectivity index (χ2v) is 23.0. The molecule has 0 bridgehead atoms. The molecule has 16 nitrogen and oxygen atoms in total. The summed E-state index contributed by atoms with van der Waals surface area (Å²) < 4.78 is 84.5. The molecule has 0 fully saturated rings. The van der Waals surface area contributed by atoms with Gasteiger partial charge in [0.1, 0.15) is 0 Å². The van der Waals surface area contributed by atoms with Crippen molar-refractivity contribution in [2.24, 2.45) is 0 Å². The fourth-order valence-electron chi connectivity index (χ4n) is 3.42. The van der Waals surface area contributed by atoms with Crippen molar-refractivity contribution in [2.75, 3.05) is 45.1 Å². The van der Waals surface area contributed by atoms with Crippen molar-refractivity contribution in [1.82, 2.24) is 0 Å². The van der Waals surface area contributed by atoms with Crippen LogP contribution in [0.1, 0.15) is 14.9 Å². The van der Waals surface area contributed by atoms with Crippen molar-refractivity contribution in [3.05, 3.63) is 103 Å². The number of hydrogen-bond donors (Lipinski definition) is 1. The largest absolute Gasteiger partial charge is 1.00 e. The predicted octanol–water partition coefficient (Wildman–Crippen LogP) is -0.367. The Balaban J connectivity index is -0.000000173. The molecule has 4 rings (SSSR count). The number of rotatable bonds is 21. The topological polar surface area (TPSA) is 247 Å². The Morgan fingerprint density at radius 3 is 1.08 bits per heavy atom. The summed E-state index contributed by atoms with van der Waals surface area (Å²) in [5.74, 6) is 3.28. The summed E-state index contributed by atoms with van der Waals surface area (Å²) in [5.41, 5.74) is 0. The molecule has 0 spiro atoms. The van der Waals surface area contributed by atoms with E-state index in [-0.39, 0.29) is 131 Å². The van der Waals surface area contributed by atoms with Crippen molar-refractivity contribution in [3.8, 4) is 0 Å². The molecule has 0 aliphatic rings. The van der Waals surface area contributed by atoms with E-state index in [4.69, 9.17) is 47.8 Å². The first-order valence-electron chi connectivity index (χ1n) is 15.9.